The highest BCUT2D eigenvalue weighted by atomic mass is 32.2. The van der Waals surface area contributed by atoms with Gasteiger partial charge in [-0.25, -0.2) is 0 Å². The van der Waals surface area contributed by atoms with Crippen molar-refractivity contribution < 1.29 is 14.6 Å². The molecule has 2 N–H and O–H groups in total. The van der Waals surface area contributed by atoms with Crippen molar-refractivity contribution in [2.75, 3.05) is 51.9 Å². The molecule has 0 saturated heterocycles. The van der Waals surface area contributed by atoms with E-state index in [4.69, 9.17) is 9.47 Å². The van der Waals surface area contributed by atoms with Crippen molar-refractivity contribution in [2.24, 2.45) is 0 Å². The highest BCUT2D eigenvalue weighted by Crippen LogP contribution is 2.28. The van der Waals surface area contributed by atoms with Gasteiger partial charge in [-0.3, -0.25) is 0 Å². The van der Waals surface area contributed by atoms with Gasteiger partial charge in [-0.2, -0.15) is 11.8 Å². The first-order valence-corrected chi connectivity index (χ1v) is 10.4. The molecule has 1 aromatic carbocycles. The number of nitrogens with zero attached hydrogens (tertiary/aromatic N) is 1. The van der Waals surface area contributed by atoms with Crippen molar-refractivity contribution in [3.63, 3.8) is 0 Å². The standard InChI is InChI=1S/C19H34N2O3S/c1-5-21(6-2)14-17(22)15-24-18-9-8-16(12-19(18)23-3)13-20-10-7-11-25-4/h8-9,12,17,20,22H,5-7,10-11,13-15H2,1-4H3/t17-/m0/s1. The summed E-state index contributed by atoms with van der Waals surface area (Å²) >= 11 is 1.87. The number of ether oxygens (including phenoxy) is 2. The monoisotopic (exact) mass is 370 g/mol. The molecule has 0 aliphatic rings. The Labute approximate surface area is 157 Å². The molecule has 0 aromatic heterocycles. The molecule has 0 heterocycles. The van der Waals surface area contributed by atoms with Gasteiger partial charge in [0, 0.05) is 13.1 Å². The van der Waals surface area contributed by atoms with Gasteiger partial charge in [-0.1, -0.05) is 19.9 Å². The lowest BCUT2D eigenvalue weighted by atomic mass is 10.2. The third-order valence-electron chi connectivity index (χ3n) is 4.05. The van der Waals surface area contributed by atoms with Crippen LogP contribution in [0, 0.1) is 0 Å². The van der Waals surface area contributed by atoms with Crippen LogP contribution in [0.1, 0.15) is 25.8 Å². The Bertz CT molecular complexity index is 470. The maximum Gasteiger partial charge on any atom is 0.161 e. The summed E-state index contributed by atoms with van der Waals surface area (Å²) in [7, 11) is 1.64. The summed E-state index contributed by atoms with van der Waals surface area (Å²) in [5.74, 6) is 2.56. The van der Waals surface area contributed by atoms with Crippen LogP contribution in [0.15, 0.2) is 18.2 Å². The molecular formula is C19H34N2O3S. The van der Waals surface area contributed by atoms with E-state index in [9.17, 15) is 5.11 Å². The zero-order valence-corrected chi connectivity index (χ0v) is 16.9. The molecule has 0 fully saturated rings. The molecular weight excluding hydrogens is 336 g/mol. The summed E-state index contributed by atoms with van der Waals surface area (Å²) in [5, 5.41) is 13.6. The second-order valence-electron chi connectivity index (χ2n) is 5.96. The molecule has 0 amide bonds. The van der Waals surface area contributed by atoms with E-state index in [1.165, 1.54) is 12.2 Å². The molecule has 0 saturated carbocycles. The van der Waals surface area contributed by atoms with Crippen LogP contribution in [0.2, 0.25) is 0 Å². The van der Waals surface area contributed by atoms with Crippen LogP contribution in [0.5, 0.6) is 11.5 Å². The number of nitrogens with one attached hydrogen (secondary N) is 1. The number of hydrogen-bond donors (Lipinski definition) is 2. The van der Waals surface area contributed by atoms with Crippen LogP contribution in [-0.2, 0) is 6.54 Å². The summed E-state index contributed by atoms with van der Waals surface area (Å²) in [6.07, 6.45) is 2.79. The fraction of sp³-hybridized carbons (Fsp3) is 0.684. The predicted octanol–water partition coefficient (Wildman–Crippen LogP) is 2.62. The Kier molecular flexibility index (Phi) is 11.7. The molecule has 0 unspecified atom stereocenters. The molecule has 5 nitrogen and oxygen atoms in total. The quantitative estimate of drug-likeness (QED) is 0.491. The summed E-state index contributed by atoms with van der Waals surface area (Å²) in [6.45, 7) is 8.74. The number of hydrogen-bond acceptors (Lipinski definition) is 6. The van der Waals surface area contributed by atoms with Gasteiger partial charge in [-0.05, 0) is 55.8 Å². The van der Waals surface area contributed by atoms with E-state index in [0.29, 0.717) is 18.0 Å². The maximum absolute atomic E-state index is 10.1. The first-order chi connectivity index (χ1) is 12.1. The van der Waals surface area contributed by atoms with E-state index < -0.39 is 6.10 Å². The predicted molar refractivity (Wildman–Crippen MR) is 107 cm³/mol. The molecule has 144 valence electrons. The van der Waals surface area contributed by atoms with Gasteiger partial charge < -0.3 is 24.8 Å². The second kappa shape index (κ2) is 13.3. The topological polar surface area (TPSA) is 54.0 Å². The van der Waals surface area contributed by atoms with E-state index in [1.807, 2.05) is 30.0 Å². The van der Waals surface area contributed by atoms with Crippen LogP contribution < -0.4 is 14.8 Å². The van der Waals surface area contributed by atoms with E-state index in [1.54, 1.807) is 7.11 Å². The number of aliphatic hydroxyl groups is 1. The van der Waals surface area contributed by atoms with Crippen molar-refractivity contribution in [3.8, 4) is 11.5 Å². The number of rotatable bonds is 14. The van der Waals surface area contributed by atoms with Crippen LogP contribution in [-0.4, -0.2) is 68.0 Å². The van der Waals surface area contributed by atoms with Gasteiger partial charge in [-0.15, -0.1) is 0 Å². The van der Waals surface area contributed by atoms with Crippen LogP contribution in [0.4, 0.5) is 0 Å². The summed E-state index contributed by atoms with van der Waals surface area (Å²) in [6, 6.07) is 5.95. The molecule has 0 spiro atoms. The minimum absolute atomic E-state index is 0.263. The van der Waals surface area contributed by atoms with Gasteiger partial charge in [0.25, 0.3) is 0 Å². The lowest BCUT2D eigenvalue weighted by Crippen LogP contribution is -2.35. The van der Waals surface area contributed by atoms with Crippen molar-refractivity contribution in [1.82, 2.24) is 10.2 Å². The van der Waals surface area contributed by atoms with Crippen molar-refractivity contribution in [1.29, 1.82) is 0 Å². The third kappa shape index (κ3) is 8.81. The maximum atomic E-state index is 10.1. The van der Waals surface area contributed by atoms with Crippen molar-refractivity contribution in [3.05, 3.63) is 23.8 Å². The molecule has 0 bridgehead atoms. The highest BCUT2D eigenvalue weighted by Gasteiger charge is 2.12. The molecule has 1 aromatic rings. The van der Waals surface area contributed by atoms with Crippen LogP contribution in [0.25, 0.3) is 0 Å². The smallest absolute Gasteiger partial charge is 0.161 e. The minimum atomic E-state index is -0.512. The summed E-state index contributed by atoms with van der Waals surface area (Å²) in [4.78, 5) is 2.18. The van der Waals surface area contributed by atoms with Gasteiger partial charge in [0.2, 0.25) is 0 Å². The average Bonchev–Trinajstić information content (AvgIpc) is 2.64. The number of likely N-dealkylation sites (N-methyl/N-ethyl adjacent to an activating group) is 1. The van der Waals surface area contributed by atoms with Gasteiger partial charge >= 0.3 is 0 Å². The van der Waals surface area contributed by atoms with Gasteiger partial charge in [0.1, 0.15) is 12.7 Å². The Morgan fingerprint density at radius 2 is 2.00 bits per heavy atom. The molecule has 1 rings (SSSR count). The number of benzene rings is 1. The number of aliphatic hydroxyl groups excluding tert-OH is 1. The first kappa shape index (κ1) is 22.1. The van der Waals surface area contributed by atoms with E-state index in [-0.39, 0.29) is 6.61 Å². The van der Waals surface area contributed by atoms with Gasteiger partial charge in [0.05, 0.1) is 7.11 Å². The minimum Gasteiger partial charge on any atom is -0.493 e. The molecule has 25 heavy (non-hydrogen) atoms. The zero-order valence-electron chi connectivity index (χ0n) is 16.1. The lowest BCUT2D eigenvalue weighted by molar-refractivity contribution is 0.0705. The zero-order chi connectivity index (χ0) is 18.5. The number of thioether (sulfide) groups is 1. The number of methoxy groups -OCH3 is 1. The molecule has 0 radical (unpaired) electrons. The lowest BCUT2D eigenvalue weighted by Gasteiger charge is -2.22. The SMILES string of the molecule is CCN(CC)C[C@H](O)COc1ccc(CNCCCSC)cc1OC. The average molecular weight is 371 g/mol. The van der Waals surface area contributed by atoms with Crippen molar-refractivity contribution in [2.45, 2.75) is 32.9 Å². The first-order valence-electron chi connectivity index (χ1n) is 9.04. The molecule has 6 heteroatoms. The Balaban J connectivity index is 2.48. The van der Waals surface area contributed by atoms with Crippen LogP contribution in [0.3, 0.4) is 0 Å². The van der Waals surface area contributed by atoms with E-state index in [2.05, 4.69) is 30.3 Å². The fourth-order valence-electron chi connectivity index (χ4n) is 2.53. The summed E-state index contributed by atoms with van der Waals surface area (Å²) in [5.41, 5.74) is 1.16. The van der Waals surface area contributed by atoms with Crippen LogP contribution >= 0.6 is 11.8 Å². The molecule has 0 aliphatic heterocycles. The van der Waals surface area contributed by atoms with Crippen molar-refractivity contribution >= 4 is 11.8 Å². The highest BCUT2D eigenvalue weighted by molar-refractivity contribution is 7.98. The summed E-state index contributed by atoms with van der Waals surface area (Å²) < 4.78 is 11.2. The fourth-order valence-corrected chi connectivity index (χ4v) is 2.97. The Hall–Kier alpha value is -0.950. The normalized spacial score (nSPS) is 12.4. The Morgan fingerprint density at radius 3 is 2.64 bits per heavy atom. The van der Waals surface area contributed by atoms with Gasteiger partial charge in [0.15, 0.2) is 11.5 Å². The molecule has 0 aliphatic carbocycles. The van der Waals surface area contributed by atoms with E-state index in [0.717, 1.165) is 31.7 Å². The second-order valence-corrected chi connectivity index (χ2v) is 6.94. The third-order valence-corrected chi connectivity index (χ3v) is 4.75. The van der Waals surface area contributed by atoms with E-state index >= 15 is 0 Å². The largest absolute Gasteiger partial charge is 0.493 e. The Morgan fingerprint density at radius 1 is 1.24 bits per heavy atom. The molecule has 1 atom stereocenters.